The molecule has 0 saturated heterocycles. The quantitative estimate of drug-likeness (QED) is 0.715. The van der Waals surface area contributed by atoms with Gasteiger partial charge in [-0.25, -0.2) is 0 Å². The van der Waals surface area contributed by atoms with E-state index in [0.717, 1.165) is 5.56 Å². The van der Waals surface area contributed by atoms with E-state index in [1.165, 1.54) is 5.56 Å². The zero-order chi connectivity index (χ0) is 8.97. The number of aryl methyl sites for hydroxylation is 1. The van der Waals surface area contributed by atoms with Crippen LogP contribution in [0, 0.1) is 18.3 Å². The first-order chi connectivity index (χ1) is 5.77. The number of benzene rings is 1. The Morgan fingerprint density at radius 2 is 1.92 bits per heavy atom. The molecule has 62 valence electrons. The van der Waals surface area contributed by atoms with Crippen LogP contribution in [0.3, 0.4) is 0 Å². The highest BCUT2D eigenvalue weighted by atomic mass is 14.9. The molecule has 1 aromatic rings. The van der Waals surface area contributed by atoms with E-state index in [0.29, 0.717) is 0 Å². The third-order valence-electron chi connectivity index (χ3n) is 1.83. The third-order valence-corrected chi connectivity index (χ3v) is 1.83. The van der Waals surface area contributed by atoms with Crippen LogP contribution < -0.4 is 5.32 Å². The van der Waals surface area contributed by atoms with Crippen LogP contribution in [-0.2, 0) is 0 Å². The first kappa shape index (κ1) is 8.76. The summed E-state index contributed by atoms with van der Waals surface area (Å²) in [6, 6.07) is 9.95. The van der Waals surface area contributed by atoms with Gasteiger partial charge in [-0.3, -0.25) is 0 Å². The van der Waals surface area contributed by atoms with Gasteiger partial charge in [0, 0.05) is 0 Å². The van der Waals surface area contributed by atoms with Gasteiger partial charge in [0.2, 0.25) is 0 Å². The average Bonchev–Trinajstić information content (AvgIpc) is 2.10. The summed E-state index contributed by atoms with van der Waals surface area (Å²) in [5.41, 5.74) is 2.23. The fourth-order valence-electron chi connectivity index (χ4n) is 1.06. The van der Waals surface area contributed by atoms with Crippen molar-refractivity contribution in [3.05, 3.63) is 35.4 Å². The number of nitrogens with one attached hydrogen (secondary N) is 1. The first-order valence-electron chi connectivity index (χ1n) is 3.91. The lowest BCUT2D eigenvalue weighted by Gasteiger charge is -2.07. The van der Waals surface area contributed by atoms with E-state index in [-0.39, 0.29) is 6.04 Å². The first-order valence-corrected chi connectivity index (χ1v) is 3.91. The molecule has 0 radical (unpaired) electrons. The molecule has 0 fully saturated rings. The zero-order valence-electron chi connectivity index (χ0n) is 7.33. The van der Waals surface area contributed by atoms with Gasteiger partial charge >= 0.3 is 0 Å². The standard InChI is InChI=1S/C10H12N2/c1-8-3-5-9(6-4-8)10(7-11)12-2/h3-6,10,12H,1-2H3/t10-/m0/s1. The van der Waals surface area contributed by atoms with Gasteiger partial charge in [0.1, 0.15) is 6.04 Å². The topological polar surface area (TPSA) is 35.8 Å². The molecule has 0 aliphatic rings. The maximum absolute atomic E-state index is 8.74. The predicted octanol–water partition coefficient (Wildman–Crippen LogP) is 1.78. The molecule has 1 rings (SSSR count). The fourth-order valence-corrected chi connectivity index (χ4v) is 1.06. The van der Waals surface area contributed by atoms with E-state index >= 15 is 0 Å². The second-order valence-electron chi connectivity index (χ2n) is 2.76. The van der Waals surface area contributed by atoms with Crippen molar-refractivity contribution in [2.24, 2.45) is 0 Å². The van der Waals surface area contributed by atoms with Crippen LogP contribution in [0.5, 0.6) is 0 Å². The van der Waals surface area contributed by atoms with Crippen molar-refractivity contribution in [2.75, 3.05) is 7.05 Å². The summed E-state index contributed by atoms with van der Waals surface area (Å²) in [6.45, 7) is 2.03. The maximum Gasteiger partial charge on any atom is 0.121 e. The molecule has 0 amide bonds. The Bertz CT molecular complexity index is 282. The molecule has 0 aromatic heterocycles. The lowest BCUT2D eigenvalue weighted by atomic mass is 10.1. The molecule has 0 aliphatic carbocycles. The van der Waals surface area contributed by atoms with Crippen LogP contribution in [0.25, 0.3) is 0 Å². The van der Waals surface area contributed by atoms with Crippen LogP contribution in [0.1, 0.15) is 17.2 Å². The number of rotatable bonds is 2. The van der Waals surface area contributed by atoms with Crippen LogP contribution in [0.4, 0.5) is 0 Å². The van der Waals surface area contributed by atoms with Crippen LogP contribution in [0.2, 0.25) is 0 Å². The summed E-state index contributed by atoms with van der Waals surface area (Å²) in [5, 5.41) is 11.7. The van der Waals surface area contributed by atoms with Gasteiger partial charge in [-0.05, 0) is 19.5 Å². The molecule has 1 aromatic carbocycles. The normalized spacial score (nSPS) is 12.1. The lowest BCUT2D eigenvalue weighted by Crippen LogP contribution is -2.13. The van der Waals surface area contributed by atoms with Gasteiger partial charge < -0.3 is 5.32 Å². The summed E-state index contributed by atoms with van der Waals surface area (Å²) >= 11 is 0. The molecule has 2 nitrogen and oxygen atoms in total. The molecule has 12 heavy (non-hydrogen) atoms. The highest BCUT2D eigenvalue weighted by Gasteiger charge is 2.05. The van der Waals surface area contributed by atoms with Gasteiger partial charge in [0.25, 0.3) is 0 Å². The summed E-state index contributed by atoms with van der Waals surface area (Å²) in [7, 11) is 1.79. The Balaban J connectivity index is 2.89. The van der Waals surface area contributed by atoms with Gasteiger partial charge in [-0.2, -0.15) is 5.26 Å². The van der Waals surface area contributed by atoms with Crippen LogP contribution in [-0.4, -0.2) is 7.05 Å². The summed E-state index contributed by atoms with van der Waals surface area (Å²) in [4.78, 5) is 0. The van der Waals surface area contributed by atoms with Crippen molar-refractivity contribution in [3.63, 3.8) is 0 Å². The highest BCUT2D eigenvalue weighted by Crippen LogP contribution is 2.11. The SMILES string of the molecule is CN[C@@H](C#N)c1ccc(C)cc1. The van der Waals surface area contributed by atoms with Crippen molar-refractivity contribution < 1.29 is 0 Å². The Morgan fingerprint density at radius 1 is 1.33 bits per heavy atom. The maximum atomic E-state index is 8.74. The molecule has 0 unspecified atom stereocenters. The Hall–Kier alpha value is -1.33. The Morgan fingerprint density at radius 3 is 2.33 bits per heavy atom. The van der Waals surface area contributed by atoms with E-state index in [4.69, 9.17) is 5.26 Å². The third kappa shape index (κ3) is 1.84. The fraction of sp³-hybridized carbons (Fsp3) is 0.300. The average molecular weight is 160 g/mol. The molecule has 1 atom stereocenters. The van der Waals surface area contributed by atoms with E-state index in [1.54, 1.807) is 7.05 Å². The molecule has 0 aliphatic heterocycles. The monoisotopic (exact) mass is 160 g/mol. The summed E-state index contributed by atoms with van der Waals surface area (Å²) in [6.07, 6.45) is 0. The molecule has 0 spiro atoms. The highest BCUT2D eigenvalue weighted by molar-refractivity contribution is 5.27. The smallest absolute Gasteiger partial charge is 0.121 e. The summed E-state index contributed by atoms with van der Waals surface area (Å²) in [5.74, 6) is 0. The predicted molar refractivity (Wildman–Crippen MR) is 48.6 cm³/mol. The van der Waals surface area contributed by atoms with Crippen LogP contribution >= 0.6 is 0 Å². The minimum Gasteiger partial charge on any atom is -0.301 e. The van der Waals surface area contributed by atoms with Crippen molar-refractivity contribution in [1.29, 1.82) is 5.26 Å². The second kappa shape index (κ2) is 3.89. The van der Waals surface area contributed by atoms with Gasteiger partial charge in [0.15, 0.2) is 0 Å². The van der Waals surface area contributed by atoms with Gasteiger partial charge in [0.05, 0.1) is 6.07 Å². The van der Waals surface area contributed by atoms with E-state index in [9.17, 15) is 0 Å². The van der Waals surface area contributed by atoms with Crippen molar-refractivity contribution >= 4 is 0 Å². The van der Waals surface area contributed by atoms with Crippen molar-refractivity contribution in [1.82, 2.24) is 5.32 Å². The number of hydrogen-bond acceptors (Lipinski definition) is 2. The number of hydrogen-bond donors (Lipinski definition) is 1. The van der Waals surface area contributed by atoms with E-state index in [1.807, 2.05) is 31.2 Å². The largest absolute Gasteiger partial charge is 0.301 e. The van der Waals surface area contributed by atoms with Crippen molar-refractivity contribution in [3.8, 4) is 6.07 Å². The van der Waals surface area contributed by atoms with E-state index in [2.05, 4.69) is 11.4 Å². The number of nitrogens with zero attached hydrogens (tertiary/aromatic N) is 1. The Kier molecular flexibility index (Phi) is 2.84. The van der Waals surface area contributed by atoms with Crippen molar-refractivity contribution in [2.45, 2.75) is 13.0 Å². The molecule has 2 heteroatoms. The molecular weight excluding hydrogens is 148 g/mol. The lowest BCUT2D eigenvalue weighted by molar-refractivity contribution is 0.727. The van der Waals surface area contributed by atoms with Gasteiger partial charge in [-0.15, -0.1) is 0 Å². The molecule has 0 bridgehead atoms. The molecule has 0 saturated carbocycles. The zero-order valence-corrected chi connectivity index (χ0v) is 7.33. The van der Waals surface area contributed by atoms with Crippen LogP contribution in [0.15, 0.2) is 24.3 Å². The Labute approximate surface area is 72.8 Å². The number of nitriles is 1. The van der Waals surface area contributed by atoms with E-state index < -0.39 is 0 Å². The minimum absolute atomic E-state index is 0.189. The molecule has 1 N–H and O–H groups in total. The minimum atomic E-state index is -0.189. The molecular formula is C10H12N2. The second-order valence-corrected chi connectivity index (χ2v) is 2.76. The van der Waals surface area contributed by atoms with Gasteiger partial charge in [-0.1, -0.05) is 29.8 Å². The summed E-state index contributed by atoms with van der Waals surface area (Å²) < 4.78 is 0. The molecule has 0 heterocycles.